The number of carbonyl (C=O) groups excluding carboxylic acids is 2. The van der Waals surface area contributed by atoms with Gasteiger partial charge in [0.1, 0.15) is 17.0 Å². The van der Waals surface area contributed by atoms with E-state index in [4.69, 9.17) is 0 Å². The van der Waals surface area contributed by atoms with E-state index >= 15 is 0 Å². The first-order valence-corrected chi connectivity index (χ1v) is 9.76. The van der Waals surface area contributed by atoms with E-state index in [1.54, 1.807) is 47.5 Å². The average Bonchev–Trinajstić information content (AvgIpc) is 3.18. The molecule has 3 aromatic rings. The van der Waals surface area contributed by atoms with Crippen LogP contribution in [-0.2, 0) is 0 Å². The first-order valence-electron chi connectivity index (χ1n) is 9.76. The molecule has 9 heteroatoms. The lowest BCUT2D eigenvalue weighted by atomic mass is 9.91. The lowest BCUT2D eigenvalue weighted by Gasteiger charge is -2.51. The van der Waals surface area contributed by atoms with Crippen LogP contribution in [-0.4, -0.2) is 61.6 Å². The number of likely N-dealkylation sites (tertiary alicyclic amines) is 1. The Morgan fingerprint density at radius 3 is 2.79 bits per heavy atom. The summed E-state index contributed by atoms with van der Waals surface area (Å²) in [6.07, 6.45) is 7.95. The molecule has 1 N–H and O–H groups in total. The van der Waals surface area contributed by atoms with Gasteiger partial charge >= 0.3 is 0 Å². The van der Waals surface area contributed by atoms with Gasteiger partial charge in [-0.3, -0.25) is 9.59 Å². The average molecular weight is 391 g/mol. The fourth-order valence-electron chi connectivity index (χ4n) is 4.41. The number of anilines is 1. The van der Waals surface area contributed by atoms with Crippen molar-refractivity contribution in [3.05, 3.63) is 54.1 Å². The number of pyridine rings is 1. The SMILES string of the molecule is CCN1c2ncccc2C(=O)NC12CCN(C(=O)c1cnn3cccnc13)CC2. The molecule has 2 aliphatic rings. The highest BCUT2D eigenvalue weighted by atomic mass is 16.2. The number of aromatic nitrogens is 4. The molecule has 2 aliphatic heterocycles. The predicted octanol–water partition coefficient (Wildman–Crippen LogP) is 1.33. The van der Waals surface area contributed by atoms with Crippen molar-refractivity contribution in [1.82, 2.24) is 29.8 Å². The van der Waals surface area contributed by atoms with Crippen LogP contribution < -0.4 is 10.2 Å². The molecule has 3 aromatic heterocycles. The van der Waals surface area contributed by atoms with Gasteiger partial charge in [0, 0.05) is 51.1 Å². The number of nitrogens with one attached hydrogen (secondary N) is 1. The minimum atomic E-state index is -0.524. The Balaban J connectivity index is 1.40. The largest absolute Gasteiger partial charge is 0.338 e. The number of hydrogen-bond acceptors (Lipinski definition) is 6. The minimum Gasteiger partial charge on any atom is -0.338 e. The van der Waals surface area contributed by atoms with Gasteiger partial charge in [-0.2, -0.15) is 5.10 Å². The van der Waals surface area contributed by atoms with Crippen LogP contribution >= 0.6 is 0 Å². The van der Waals surface area contributed by atoms with Gasteiger partial charge in [0.25, 0.3) is 11.8 Å². The Bertz CT molecular complexity index is 1100. The molecule has 5 rings (SSSR count). The van der Waals surface area contributed by atoms with Gasteiger partial charge in [-0.05, 0) is 25.1 Å². The summed E-state index contributed by atoms with van der Waals surface area (Å²) in [5.74, 6) is 0.520. The van der Waals surface area contributed by atoms with Crippen molar-refractivity contribution in [2.75, 3.05) is 24.5 Å². The van der Waals surface area contributed by atoms with Crippen LogP contribution in [0.5, 0.6) is 0 Å². The van der Waals surface area contributed by atoms with Crippen molar-refractivity contribution < 1.29 is 9.59 Å². The van der Waals surface area contributed by atoms with E-state index in [1.165, 1.54) is 0 Å². The number of nitrogens with zero attached hydrogens (tertiary/aromatic N) is 6. The van der Waals surface area contributed by atoms with E-state index in [0.717, 1.165) is 6.54 Å². The van der Waals surface area contributed by atoms with Crippen LogP contribution in [0.4, 0.5) is 5.82 Å². The van der Waals surface area contributed by atoms with Gasteiger partial charge in [-0.15, -0.1) is 0 Å². The van der Waals surface area contributed by atoms with Crippen molar-refractivity contribution in [3.63, 3.8) is 0 Å². The molecule has 29 heavy (non-hydrogen) atoms. The number of piperidine rings is 1. The molecule has 0 unspecified atom stereocenters. The molecule has 0 saturated carbocycles. The molecule has 1 spiro atoms. The van der Waals surface area contributed by atoms with Gasteiger partial charge in [-0.25, -0.2) is 14.5 Å². The third kappa shape index (κ3) is 2.65. The number of fused-ring (bicyclic) bond motifs is 2. The van der Waals surface area contributed by atoms with Crippen LogP contribution in [0.15, 0.2) is 43.0 Å². The van der Waals surface area contributed by atoms with Gasteiger partial charge in [0.05, 0.1) is 11.8 Å². The lowest BCUT2D eigenvalue weighted by Crippen LogP contribution is -2.68. The van der Waals surface area contributed by atoms with Crippen molar-refractivity contribution in [2.24, 2.45) is 0 Å². The topological polar surface area (TPSA) is 95.7 Å². The highest BCUT2D eigenvalue weighted by molar-refractivity contribution is 6.02. The molecule has 0 radical (unpaired) electrons. The van der Waals surface area contributed by atoms with E-state index in [1.807, 2.05) is 4.90 Å². The van der Waals surface area contributed by atoms with E-state index in [9.17, 15) is 9.59 Å². The predicted molar refractivity (Wildman–Crippen MR) is 106 cm³/mol. The first-order chi connectivity index (χ1) is 14.1. The quantitative estimate of drug-likeness (QED) is 0.708. The van der Waals surface area contributed by atoms with Gasteiger partial charge in [0.2, 0.25) is 0 Å². The summed E-state index contributed by atoms with van der Waals surface area (Å²) in [5, 5.41) is 7.40. The maximum absolute atomic E-state index is 13.1. The van der Waals surface area contributed by atoms with E-state index in [-0.39, 0.29) is 11.8 Å². The fourth-order valence-corrected chi connectivity index (χ4v) is 4.41. The van der Waals surface area contributed by atoms with E-state index in [0.29, 0.717) is 48.5 Å². The number of rotatable bonds is 2. The number of carbonyl (C=O) groups is 2. The molecule has 1 fully saturated rings. The minimum absolute atomic E-state index is 0.0859. The molecule has 1 saturated heterocycles. The molecule has 9 nitrogen and oxygen atoms in total. The van der Waals surface area contributed by atoms with Crippen LogP contribution in [0.25, 0.3) is 5.65 Å². The van der Waals surface area contributed by atoms with E-state index in [2.05, 4.69) is 32.2 Å². The molecular weight excluding hydrogens is 370 g/mol. The van der Waals surface area contributed by atoms with E-state index < -0.39 is 5.66 Å². The Labute approximate surface area is 167 Å². The third-order valence-electron chi connectivity index (χ3n) is 5.85. The van der Waals surface area contributed by atoms with Crippen LogP contribution in [0.1, 0.15) is 40.5 Å². The van der Waals surface area contributed by atoms with Crippen LogP contribution in [0.3, 0.4) is 0 Å². The second-order valence-electron chi connectivity index (χ2n) is 7.34. The van der Waals surface area contributed by atoms with Gasteiger partial charge < -0.3 is 15.1 Å². The summed E-state index contributed by atoms with van der Waals surface area (Å²) in [5.41, 5.74) is 1.12. The maximum Gasteiger partial charge on any atom is 0.259 e. The summed E-state index contributed by atoms with van der Waals surface area (Å²) in [6.45, 7) is 3.83. The van der Waals surface area contributed by atoms with Crippen molar-refractivity contribution >= 4 is 23.3 Å². The summed E-state index contributed by atoms with van der Waals surface area (Å²) in [7, 11) is 0. The summed E-state index contributed by atoms with van der Waals surface area (Å²) in [4.78, 5) is 38.5. The molecule has 2 amide bonds. The zero-order chi connectivity index (χ0) is 20.0. The Hall–Kier alpha value is -3.49. The molecule has 0 aromatic carbocycles. The highest BCUT2D eigenvalue weighted by Gasteiger charge is 2.46. The molecule has 0 atom stereocenters. The lowest BCUT2D eigenvalue weighted by molar-refractivity contribution is 0.0603. The Morgan fingerprint density at radius 1 is 1.21 bits per heavy atom. The fraction of sp³-hybridized carbons (Fsp3) is 0.350. The molecule has 148 valence electrons. The highest BCUT2D eigenvalue weighted by Crippen LogP contribution is 2.36. The first kappa shape index (κ1) is 17.6. The smallest absolute Gasteiger partial charge is 0.259 e. The second kappa shape index (κ2) is 6.54. The van der Waals surface area contributed by atoms with Crippen molar-refractivity contribution in [1.29, 1.82) is 0 Å². The van der Waals surface area contributed by atoms with Crippen molar-refractivity contribution in [3.8, 4) is 0 Å². The monoisotopic (exact) mass is 391 g/mol. The normalized spacial score (nSPS) is 18.0. The van der Waals surface area contributed by atoms with Crippen molar-refractivity contribution in [2.45, 2.75) is 25.4 Å². The summed E-state index contributed by atoms with van der Waals surface area (Å²) in [6, 6.07) is 5.34. The Morgan fingerprint density at radius 2 is 2.00 bits per heavy atom. The molecule has 0 bridgehead atoms. The molecule has 5 heterocycles. The Kier molecular flexibility index (Phi) is 3.97. The van der Waals surface area contributed by atoms with Crippen LogP contribution in [0, 0.1) is 0 Å². The third-order valence-corrected chi connectivity index (χ3v) is 5.85. The summed E-state index contributed by atoms with van der Waals surface area (Å²) < 4.78 is 1.60. The van der Waals surface area contributed by atoms with Crippen LogP contribution in [0.2, 0.25) is 0 Å². The summed E-state index contributed by atoms with van der Waals surface area (Å²) >= 11 is 0. The molecular formula is C20H21N7O2. The molecule has 0 aliphatic carbocycles. The zero-order valence-electron chi connectivity index (χ0n) is 16.1. The standard InChI is InChI=1S/C20H21N7O2/c1-2-26-16-14(5-3-8-21-16)18(28)24-20(26)6-11-25(12-7-20)19(29)15-13-23-27-10-4-9-22-17(15)27/h3-5,8-10,13H,2,6-7,11-12H2,1H3,(H,24,28). The zero-order valence-corrected chi connectivity index (χ0v) is 16.1. The number of amides is 2. The van der Waals surface area contributed by atoms with Gasteiger partial charge in [-0.1, -0.05) is 0 Å². The number of hydrogen-bond donors (Lipinski definition) is 1. The maximum atomic E-state index is 13.1. The second-order valence-corrected chi connectivity index (χ2v) is 7.34. The van der Waals surface area contributed by atoms with Gasteiger partial charge in [0.15, 0.2) is 5.65 Å².